The molecule has 3 aromatic carbocycles. The Morgan fingerprint density at radius 3 is 2.15 bits per heavy atom. The number of phenolic OH excluding ortho intramolecular Hbond substituents is 1. The number of anilines is 1. The van der Waals surface area contributed by atoms with Crippen molar-refractivity contribution < 1.29 is 57.9 Å². The number of nitrogen functional groups attached to an aromatic ring is 1. The van der Waals surface area contributed by atoms with Gasteiger partial charge in [0.05, 0.1) is 38.7 Å². The molecule has 0 aliphatic heterocycles. The number of ether oxygens (including phenoxy) is 1. The first-order chi connectivity index (χ1) is 30.8. The predicted molar refractivity (Wildman–Crippen MR) is 244 cm³/mol. The Morgan fingerprint density at radius 2 is 1.62 bits per heavy atom. The number of nitrogens with two attached hydrogens (primary N) is 3. The number of Topliss-reactive ketones (excluding diaryl/α,β-unsaturated/α-hetero) is 2. The van der Waals surface area contributed by atoms with Crippen LogP contribution >= 0.6 is 34.8 Å². The average Bonchev–Trinajstić information content (AvgIpc) is 3.77. The number of rotatable bonds is 9. The Kier molecular flexibility index (Phi) is 15.6. The Labute approximate surface area is 394 Å². The van der Waals surface area contributed by atoms with Gasteiger partial charge in [-0.25, -0.2) is 23.3 Å². The molecular formula is C43H48Cl3N7O12S. The highest BCUT2D eigenvalue weighted by Gasteiger charge is 2.66. The third-order valence-electron chi connectivity index (χ3n) is 11.3. The van der Waals surface area contributed by atoms with Crippen LogP contribution in [0.15, 0.2) is 95.1 Å². The van der Waals surface area contributed by atoms with Gasteiger partial charge >= 0.3 is 6.03 Å². The number of nitrogens with zero attached hydrogens (tertiary/aromatic N) is 4. The summed E-state index contributed by atoms with van der Waals surface area (Å²) in [6, 6.07) is 11.7. The predicted octanol–water partition coefficient (Wildman–Crippen LogP) is 4.15. The maximum absolute atomic E-state index is 13.7. The first-order valence-corrected chi connectivity index (χ1v) is 22.6. The number of aromatic hydroxyl groups is 1. The van der Waals surface area contributed by atoms with E-state index in [1.54, 1.807) is 29.4 Å². The van der Waals surface area contributed by atoms with Crippen molar-refractivity contribution >= 4 is 79.8 Å². The summed E-state index contributed by atoms with van der Waals surface area (Å²) in [5, 5.41) is 60.9. The molecule has 0 bridgehead atoms. The zero-order valence-electron chi connectivity index (χ0n) is 35.9. The molecule has 0 spiro atoms. The van der Waals surface area contributed by atoms with Crippen molar-refractivity contribution in [2.45, 2.75) is 48.8 Å². The molecule has 1 heterocycles. The second-order valence-electron chi connectivity index (χ2n) is 15.9. The van der Waals surface area contributed by atoms with Crippen LogP contribution in [0.25, 0.3) is 5.76 Å². The van der Waals surface area contributed by atoms with E-state index in [1.165, 1.54) is 79.3 Å². The summed E-state index contributed by atoms with van der Waals surface area (Å²) in [6.07, 6.45) is 5.28. The molecule has 1 aromatic heterocycles. The van der Waals surface area contributed by atoms with Crippen LogP contribution in [0, 0.1) is 11.8 Å². The fourth-order valence-electron chi connectivity index (χ4n) is 8.19. The van der Waals surface area contributed by atoms with E-state index in [4.69, 9.17) is 56.1 Å². The van der Waals surface area contributed by atoms with Crippen molar-refractivity contribution in [2.75, 3.05) is 39.5 Å². The maximum Gasteiger partial charge on any atom is 0.329 e. The molecule has 4 aromatic rings. The van der Waals surface area contributed by atoms with Gasteiger partial charge in [-0.15, -0.1) is 0 Å². The smallest absolute Gasteiger partial charge is 0.329 e. The number of aromatic nitrogens is 2. The number of primary sulfonamides is 1. The molecule has 0 unspecified atom stereocenters. The number of sulfonamides is 1. The van der Waals surface area contributed by atoms with Crippen LogP contribution in [0.1, 0.15) is 37.8 Å². The molecule has 19 nitrogen and oxygen atoms in total. The molecule has 1 fully saturated rings. The summed E-state index contributed by atoms with van der Waals surface area (Å²) in [6.45, 7) is 4.69. The molecule has 354 valence electrons. The van der Waals surface area contributed by atoms with Crippen molar-refractivity contribution in [3.8, 4) is 11.5 Å². The number of aliphatic hydroxyl groups excluding tert-OH is 2. The fraction of sp³-hybridized carbons (Fsp3) is 0.326. The Bertz CT molecular complexity index is 2690. The van der Waals surface area contributed by atoms with Gasteiger partial charge in [0.1, 0.15) is 35.8 Å². The summed E-state index contributed by atoms with van der Waals surface area (Å²) in [5.41, 5.74) is 5.30. The minimum Gasteiger partial charge on any atom is -0.508 e. The highest BCUT2D eigenvalue weighted by atomic mass is 35.5. The van der Waals surface area contributed by atoms with Gasteiger partial charge in [-0.05, 0) is 81.9 Å². The molecule has 7 rings (SSSR count). The van der Waals surface area contributed by atoms with E-state index < -0.39 is 85.0 Å². The van der Waals surface area contributed by atoms with Gasteiger partial charge in [0, 0.05) is 47.1 Å². The van der Waals surface area contributed by atoms with Crippen LogP contribution in [0.4, 0.5) is 10.5 Å². The fourth-order valence-corrected chi connectivity index (χ4v) is 9.63. The monoisotopic (exact) mass is 991 g/mol. The number of benzene rings is 3. The van der Waals surface area contributed by atoms with Crippen LogP contribution in [-0.4, -0.2) is 122 Å². The highest BCUT2D eigenvalue weighted by Crippen LogP contribution is 2.57. The number of hydrogen-bond acceptors (Lipinski definition) is 15. The first kappa shape index (κ1) is 51.3. The van der Waals surface area contributed by atoms with E-state index >= 15 is 0 Å². The molecular weight excluding hydrogens is 945 g/mol. The lowest BCUT2D eigenvalue weighted by Gasteiger charge is -2.53. The number of likely N-dealkylation sites (N-methyl/N-ethyl adjacent to an activating group) is 1. The van der Waals surface area contributed by atoms with Crippen LogP contribution in [0.3, 0.4) is 0 Å². The molecule has 2 amide bonds. The Hall–Kier alpha value is -5.71. The van der Waals surface area contributed by atoms with E-state index in [1.807, 2.05) is 6.92 Å². The standard InChI is InChI=1S/C22H24N2O8.C15H16Cl3N3O2.C6H8N2O2S/c1-21(31)8-5-4-6-11(25)12(8)16(26)13-9(21)7-10-15(24(2)3)17(27)14(20(23)30)19(29)22(10,32)18(13)28;1-2-4-20(15(22)21-5-3-19-10-21)6-7-23-14-12(17)8-11(16)9-13(14)18;7-5-1-3-6(4-2-5)11(8,9)10/h4-6,9-10,15,25-26,29,31-32H,7H2,1-3H3,(H2,23,30);3,5,8-10H,2,4,6-7H2,1H3;1-4H,7H2,(H2,8,9,10)/t9-,10-,15-,21+,22-;;/m0../s1. The van der Waals surface area contributed by atoms with Gasteiger partial charge in [-0.1, -0.05) is 53.9 Å². The van der Waals surface area contributed by atoms with E-state index in [9.17, 15) is 53.1 Å². The number of aliphatic hydroxyl groups is 4. The third-order valence-corrected chi connectivity index (χ3v) is 13.0. The number of primary amides is 1. The van der Waals surface area contributed by atoms with Crippen molar-refractivity contribution in [1.29, 1.82) is 0 Å². The van der Waals surface area contributed by atoms with Gasteiger partial charge in [0.2, 0.25) is 15.8 Å². The Balaban J connectivity index is 0.000000209. The van der Waals surface area contributed by atoms with Crippen LogP contribution in [-0.2, 0) is 30.0 Å². The SMILES string of the molecule is CCCN(CCOc1c(Cl)cc(Cl)cc1Cl)C(=O)n1ccnc1.CN(C)[C@@H]1C(=O)C(C(N)=O)=C(O)[C@@]2(O)C(=O)C3=C(O)c4c(O)cccc4[C@@](C)(O)[C@H]3C[C@@H]12.Nc1ccc(S(N)(=O)=O)cc1. The zero-order valence-corrected chi connectivity index (χ0v) is 38.9. The number of phenols is 1. The number of amides is 2. The summed E-state index contributed by atoms with van der Waals surface area (Å²) < 4.78 is 28.4. The molecule has 23 heteroatoms. The lowest BCUT2D eigenvalue weighted by Crippen LogP contribution is -2.67. The number of ketones is 2. The minimum absolute atomic E-state index is 0.0756. The first-order valence-electron chi connectivity index (χ1n) is 19.9. The Morgan fingerprint density at radius 1 is 1.00 bits per heavy atom. The number of hydrogen-bond donors (Lipinski definition) is 8. The number of carbonyl (C=O) groups is 4. The second-order valence-corrected chi connectivity index (χ2v) is 18.7. The van der Waals surface area contributed by atoms with E-state index in [0.29, 0.717) is 39.6 Å². The molecule has 5 atom stereocenters. The quantitative estimate of drug-likeness (QED) is 0.0863. The number of carbonyl (C=O) groups excluding carboxylic acids is 4. The van der Waals surface area contributed by atoms with Gasteiger partial charge in [-0.2, -0.15) is 0 Å². The van der Waals surface area contributed by atoms with Crippen molar-refractivity contribution in [3.63, 3.8) is 0 Å². The van der Waals surface area contributed by atoms with Crippen molar-refractivity contribution in [1.82, 2.24) is 19.4 Å². The lowest BCUT2D eigenvalue weighted by molar-refractivity contribution is -0.159. The molecule has 3 aliphatic rings. The summed E-state index contributed by atoms with van der Waals surface area (Å²) in [4.78, 5) is 58.0. The molecule has 1 saturated carbocycles. The molecule has 66 heavy (non-hydrogen) atoms. The van der Waals surface area contributed by atoms with Crippen molar-refractivity contribution in [2.24, 2.45) is 22.7 Å². The summed E-state index contributed by atoms with van der Waals surface area (Å²) in [5.74, 6) is -7.53. The molecule has 11 N–H and O–H groups in total. The van der Waals surface area contributed by atoms with E-state index in [2.05, 4.69) is 4.98 Å². The van der Waals surface area contributed by atoms with E-state index in [0.717, 1.165) is 6.42 Å². The topological polar surface area (TPSA) is 315 Å². The molecule has 0 radical (unpaired) electrons. The van der Waals surface area contributed by atoms with Crippen LogP contribution in [0.2, 0.25) is 15.1 Å². The number of imidazole rings is 1. The maximum atomic E-state index is 13.7. The summed E-state index contributed by atoms with van der Waals surface area (Å²) >= 11 is 18.0. The normalized spacial score (nSPS) is 22.3. The van der Waals surface area contributed by atoms with E-state index in [-0.39, 0.29) is 35.1 Å². The third kappa shape index (κ3) is 10.0. The van der Waals surface area contributed by atoms with Gasteiger partial charge < -0.3 is 46.6 Å². The van der Waals surface area contributed by atoms with Gasteiger partial charge in [0.15, 0.2) is 17.1 Å². The van der Waals surface area contributed by atoms with Crippen LogP contribution < -0.4 is 21.3 Å². The largest absolute Gasteiger partial charge is 0.508 e. The zero-order chi connectivity index (χ0) is 49.2. The van der Waals surface area contributed by atoms with Crippen LogP contribution in [0.5, 0.6) is 11.5 Å². The summed E-state index contributed by atoms with van der Waals surface area (Å²) in [7, 11) is -0.568. The lowest BCUT2D eigenvalue weighted by atomic mass is 9.54. The highest BCUT2D eigenvalue weighted by molar-refractivity contribution is 7.89. The minimum atomic E-state index is -3.58. The average molecular weight is 993 g/mol. The van der Waals surface area contributed by atoms with Gasteiger partial charge in [0.25, 0.3) is 5.91 Å². The number of halogens is 3. The van der Waals surface area contributed by atoms with Crippen molar-refractivity contribution in [3.05, 3.63) is 116 Å². The number of fused-ring (bicyclic) bond motifs is 3. The molecule has 3 aliphatic carbocycles. The molecule has 0 saturated heterocycles. The van der Waals surface area contributed by atoms with Gasteiger partial charge in [-0.3, -0.25) is 23.9 Å². The second kappa shape index (κ2) is 20.0.